The van der Waals surface area contributed by atoms with Crippen LogP contribution >= 0.6 is 0 Å². The molecular weight excluding hydrogens is 344 g/mol. The van der Waals surface area contributed by atoms with Crippen molar-refractivity contribution in [2.24, 2.45) is 5.92 Å². The molecule has 7 nitrogen and oxygen atoms in total. The highest BCUT2D eigenvalue weighted by molar-refractivity contribution is 5.99. The highest BCUT2D eigenvalue weighted by atomic mass is 16.5. The molecule has 1 saturated heterocycles. The number of aryl methyl sites for hydroxylation is 2. The molecule has 27 heavy (non-hydrogen) atoms. The van der Waals surface area contributed by atoms with Crippen LogP contribution < -0.4 is 5.32 Å². The van der Waals surface area contributed by atoms with Crippen molar-refractivity contribution in [3.05, 3.63) is 34.8 Å². The van der Waals surface area contributed by atoms with Crippen molar-refractivity contribution in [2.45, 2.75) is 40.5 Å². The SMILES string of the molecule is CCNC(=O)C1CCCN(CC(=O)c2cc(C)n(-c3cc(C)on3)c2C)C1. The third kappa shape index (κ3) is 4.13. The minimum absolute atomic E-state index is 0.0305. The van der Waals surface area contributed by atoms with Gasteiger partial charge in [0.1, 0.15) is 5.76 Å². The summed E-state index contributed by atoms with van der Waals surface area (Å²) in [6.07, 6.45) is 1.82. The summed E-state index contributed by atoms with van der Waals surface area (Å²) < 4.78 is 7.11. The Morgan fingerprint density at radius 3 is 2.74 bits per heavy atom. The standard InChI is InChI=1S/C20H28N4O3/c1-5-21-20(26)16-7-6-8-23(11-16)12-18(25)17-9-13(2)24(15(17)4)19-10-14(3)27-22-19/h9-10,16H,5-8,11-12H2,1-4H3,(H,21,26). The molecule has 1 N–H and O–H groups in total. The minimum Gasteiger partial charge on any atom is -0.360 e. The molecule has 7 heteroatoms. The van der Waals surface area contributed by atoms with Gasteiger partial charge in [0.05, 0.1) is 12.5 Å². The van der Waals surface area contributed by atoms with E-state index in [2.05, 4.69) is 15.4 Å². The maximum absolute atomic E-state index is 12.9. The van der Waals surface area contributed by atoms with Gasteiger partial charge >= 0.3 is 0 Å². The van der Waals surface area contributed by atoms with E-state index in [1.54, 1.807) is 0 Å². The number of nitrogens with one attached hydrogen (secondary N) is 1. The van der Waals surface area contributed by atoms with Gasteiger partial charge in [0.2, 0.25) is 5.91 Å². The quantitative estimate of drug-likeness (QED) is 0.788. The van der Waals surface area contributed by atoms with Crippen LogP contribution in [0.15, 0.2) is 16.7 Å². The Labute approximate surface area is 159 Å². The van der Waals surface area contributed by atoms with E-state index in [9.17, 15) is 9.59 Å². The first-order valence-corrected chi connectivity index (χ1v) is 9.56. The Balaban J connectivity index is 1.72. The zero-order chi connectivity index (χ0) is 19.6. The van der Waals surface area contributed by atoms with Crippen molar-refractivity contribution in [1.29, 1.82) is 0 Å². The lowest BCUT2D eigenvalue weighted by Crippen LogP contribution is -2.44. The largest absolute Gasteiger partial charge is 0.360 e. The molecule has 1 atom stereocenters. The number of rotatable bonds is 6. The van der Waals surface area contributed by atoms with Crippen LogP contribution in [0.1, 0.15) is 47.3 Å². The zero-order valence-corrected chi connectivity index (χ0v) is 16.5. The van der Waals surface area contributed by atoms with E-state index in [-0.39, 0.29) is 17.6 Å². The summed E-state index contributed by atoms with van der Waals surface area (Å²) >= 11 is 0. The maximum atomic E-state index is 12.9. The molecule has 2 aromatic rings. The second kappa shape index (κ2) is 8.08. The van der Waals surface area contributed by atoms with Gasteiger partial charge < -0.3 is 9.84 Å². The fourth-order valence-electron chi connectivity index (χ4n) is 3.88. The van der Waals surface area contributed by atoms with Crippen LogP contribution in [0.25, 0.3) is 5.82 Å². The van der Waals surface area contributed by atoms with E-state index in [0.717, 1.165) is 36.5 Å². The average molecular weight is 372 g/mol. The predicted octanol–water partition coefficient (Wildman–Crippen LogP) is 2.42. The molecule has 1 aliphatic rings. The maximum Gasteiger partial charge on any atom is 0.224 e. The Kier molecular flexibility index (Phi) is 5.79. The van der Waals surface area contributed by atoms with Crippen LogP contribution in [0.2, 0.25) is 0 Å². The Bertz CT molecular complexity index is 836. The van der Waals surface area contributed by atoms with E-state index >= 15 is 0 Å². The number of carbonyl (C=O) groups excluding carboxylic acids is 2. The van der Waals surface area contributed by atoms with Crippen LogP contribution in [0.4, 0.5) is 0 Å². The van der Waals surface area contributed by atoms with Gasteiger partial charge in [-0.05, 0) is 53.1 Å². The number of likely N-dealkylation sites (tertiary alicyclic amines) is 1. The van der Waals surface area contributed by atoms with Crippen LogP contribution in [-0.2, 0) is 4.79 Å². The Morgan fingerprint density at radius 2 is 2.07 bits per heavy atom. The minimum atomic E-state index is -0.0305. The third-order valence-corrected chi connectivity index (χ3v) is 5.17. The van der Waals surface area contributed by atoms with Crippen LogP contribution in [0.5, 0.6) is 0 Å². The van der Waals surface area contributed by atoms with E-state index < -0.39 is 0 Å². The first kappa shape index (κ1) is 19.4. The van der Waals surface area contributed by atoms with Gasteiger partial charge in [-0.25, -0.2) is 0 Å². The van der Waals surface area contributed by atoms with Crippen molar-refractivity contribution in [1.82, 2.24) is 19.9 Å². The van der Waals surface area contributed by atoms with Crippen LogP contribution in [0, 0.1) is 26.7 Å². The summed E-state index contributed by atoms with van der Waals surface area (Å²) in [6, 6.07) is 3.77. The molecule has 146 valence electrons. The second-order valence-corrected chi connectivity index (χ2v) is 7.31. The number of amides is 1. The summed E-state index contributed by atoms with van der Waals surface area (Å²) in [5.74, 6) is 1.56. The molecule has 0 radical (unpaired) electrons. The van der Waals surface area contributed by atoms with E-state index in [1.165, 1.54) is 0 Å². The molecule has 1 aliphatic heterocycles. The molecule has 3 heterocycles. The van der Waals surface area contributed by atoms with Gasteiger partial charge in [0.25, 0.3) is 0 Å². The zero-order valence-electron chi connectivity index (χ0n) is 16.5. The van der Waals surface area contributed by atoms with E-state index in [1.807, 2.05) is 44.4 Å². The van der Waals surface area contributed by atoms with Crippen molar-refractivity contribution in [3.8, 4) is 5.82 Å². The number of nitrogens with zero attached hydrogens (tertiary/aromatic N) is 3. The summed E-state index contributed by atoms with van der Waals surface area (Å²) in [5.41, 5.74) is 2.51. The normalized spacial score (nSPS) is 17.9. The van der Waals surface area contributed by atoms with E-state index in [4.69, 9.17) is 4.52 Å². The van der Waals surface area contributed by atoms with Gasteiger partial charge in [-0.3, -0.25) is 19.1 Å². The molecule has 0 spiro atoms. The monoisotopic (exact) mass is 372 g/mol. The first-order valence-electron chi connectivity index (χ1n) is 9.56. The molecule has 0 bridgehead atoms. The molecule has 0 aromatic carbocycles. The third-order valence-electron chi connectivity index (χ3n) is 5.17. The smallest absolute Gasteiger partial charge is 0.224 e. The number of ketones is 1. The summed E-state index contributed by atoms with van der Waals surface area (Å²) in [4.78, 5) is 27.2. The molecule has 0 saturated carbocycles. The number of Topliss-reactive ketones (excluding diaryl/α,β-unsaturated/α-hetero) is 1. The molecule has 1 fully saturated rings. The fraction of sp³-hybridized carbons (Fsp3) is 0.550. The second-order valence-electron chi connectivity index (χ2n) is 7.31. The topological polar surface area (TPSA) is 80.4 Å². The Morgan fingerprint density at radius 1 is 1.30 bits per heavy atom. The lowest BCUT2D eigenvalue weighted by Gasteiger charge is -2.31. The number of hydrogen-bond acceptors (Lipinski definition) is 5. The Hall–Kier alpha value is -2.41. The van der Waals surface area contributed by atoms with Gasteiger partial charge in [0.15, 0.2) is 11.6 Å². The number of piperidine rings is 1. The highest BCUT2D eigenvalue weighted by Crippen LogP contribution is 2.22. The van der Waals surface area contributed by atoms with Crippen molar-refractivity contribution in [2.75, 3.05) is 26.2 Å². The van der Waals surface area contributed by atoms with Gasteiger partial charge in [-0.2, -0.15) is 0 Å². The van der Waals surface area contributed by atoms with Gasteiger partial charge in [-0.15, -0.1) is 0 Å². The summed E-state index contributed by atoms with van der Waals surface area (Å²) in [6.45, 7) is 10.1. The number of hydrogen-bond donors (Lipinski definition) is 1. The summed E-state index contributed by atoms with van der Waals surface area (Å²) in [7, 11) is 0. The van der Waals surface area contributed by atoms with Crippen molar-refractivity contribution in [3.63, 3.8) is 0 Å². The first-order chi connectivity index (χ1) is 12.9. The molecule has 1 unspecified atom stereocenters. The van der Waals surface area contributed by atoms with Crippen molar-refractivity contribution >= 4 is 11.7 Å². The lowest BCUT2D eigenvalue weighted by atomic mass is 9.96. The molecule has 1 amide bonds. The van der Waals surface area contributed by atoms with Gasteiger partial charge in [-0.1, -0.05) is 5.16 Å². The van der Waals surface area contributed by atoms with Gasteiger partial charge in [0, 0.05) is 36.1 Å². The molecule has 2 aromatic heterocycles. The molecule has 0 aliphatic carbocycles. The average Bonchev–Trinajstić information content (AvgIpc) is 3.18. The number of aromatic nitrogens is 2. The summed E-state index contributed by atoms with van der Waals surface area (Å²) in [5, 5.41) is 6.96. The van der Waals surface area contributed by atoms with Crippen LogP contribution in [-0.4, -0.2) is 52.5 Å². The van der Waals surface area contributed by atoms with Crippen molar-refractivity contribution < 1.29 is 14.1 Å². The highest BCUT2D eigenvalue weighted by Gasteiger charge is 2.27. The molecule has 3 rings (SSSR count). The lowest BCUT2D eigenvalue weighted by molar-refractivity contribution is -0.126. The van der Waals surface area contributed by atoms with E-state index in [0.29, 0.717) is 31.0 Å². The number of carbonyl (C=O) groups is 2. The van der Waals surface area contributed by atoms with Crippen LogP contribution in [0.3, 0.4) is 0 Å². The predicted molar refractivity (Wildman–Crippen MR) is 102 cm³/mol. The fourth-order valence-corrected chi connectivity index (χ4v) is 3.88. The molecular formula is C20H28N4O3.